The molecule has 0 bridgehead atoms. The molecule has 0 saturated carbocycles. The van der Waals surface area contributed by atoms with Crippen molar-refractivity contribution in [1.82, 2.24) is 15.5 Å². The number of carbonyl (C=O) groups excluding carboxylic acids is 3. The molecule has 5 N–H and O–H groups in total. The van der Waals surface area contributed by atoms with Gasteiger partial charge in [-0.05, 0) is 31.2 Å². The zero-order valence-corrected chi connectivity index (χ0v) is 17.8. The van der Waals surface area contributed by atoms with Gasteiger partial charge in [0.15, 0.2) is 6.04 Å². The molecule has 4 atom stereocenters. The van der Waals surface area contributed by atoms with Crippen LogP contribution in [0.15, 0.2) is 30.3 Å². The third kappa shape index (κ3) is 5.28. The van der Waals surface area contributed by atoms with Crippen molar-refractivity contribution < 1.29 is 32.5 Å². The van der Waals surface area contributed by atoms with E-state index in [1.807, 2.05) is 44.2 Å². The number of benzene rings is 1. The molecular formula is C21H31ClN4O3. The Morgan fingerprint density at radius 3 is 2.45 bits per heavy atom. The highest BCUT2D eigenvalue weighted by Gasteiger charge is 2.46. The van der Waals surface area contributed by atoms with Crippen LogP contribution in [-0.2, 0) is 20.9 Å². The number of carbonyl (C=O) groups is 3. The number of piperidine rings is 1. The van der Waals surface area contributed by atoms with E-state index in [0.717, 1.165) is 18.4 Å². The van der Waals surface area contributed by atoms with Crippen LogP contribution in [0.1, 0.15) is 45.1 Å². The summed E-state index contributed by atoms with van der Waals surface area (Å²) < 4.78 is 0. The lowest BCUT2D eigenvalue weighted by Gasteiger charge is -2.38. The lowest BCUT2D eigenvalue weighted by Crippen LogP contribution is -3.00. The van der Waals surface area contributed by atoms with Gasteiger partial charge in [-0.25, -0.2) is 0 Å². The van der Waals surface area contributed by atoms with E-state index in [0.29, 0.717) is 19.4 Å². The van der Waals surface area contributed by atoms with Crippen LogP contribution in [0.3, 0.4) is 0 Å². The van der Waals surface area contributed by atoms with Gasteiger partial charge >= 0.3 is 0 Å². The highest BCUT2D eigenvalue weighted by Crippen LogP contribution is 2.32. The minimum Gasteiger partial charge on any atom is -1.00 e. The zero-order chi connectivity index (χ0) is 20.3. The second-order valence-corrected chi connectivity index (χ2v) is 8.18. The largest absolute Gasteiger partial charge is 1.00 e. The second-order valence-electron chi connectivity index (χ2n) is 8.18. The molecular weight excluding hydrogens is 392 g/mol. The van der Waals surface area contributed by atoms with E-state index >= 15 is 0 Å². The van der Waals surface area contributed by atoms with Gasteiger partial charge in [-0.1, -0.05) is 44.2 Å². The van der Waals surface area contributed by atoms with Gasteiger partial charge in [-0.15, -0.1) is 0 Å². The number of hydrogen-bond donors (Lipinski definition) is 3. The maximum absolute atomic E-state index is 13.0. The van der Waals surface area contributed by atoms with E-state index in [4.69, 9.17) is 0 Å². The minimum absolute atomic E-state index is 0. The first-order valence-corrected chi connectivity index (χ1v) is 10.2. The number of quaternary nitrogens is 1. The molecule has 1 aromatic carbocycles. The van der Waals surface area contributed by atoms with E-state index in [9.17, 15) is 14.4 Å². The molecule has 2 aliphatic rings. The third-order valence-corrected chi connectivity index (χ3v) is 5.91. The molecule has 3 rings (SSSR count). The predicted molar refractivity (Wildman–Crippen MR) is 105 cm³/mol. The van der Waals surface area contributed by atoms with Crippen molar-refractivity contribution in [3.63, 3.8) is 0 Å². The Morgan fingerprint density at radius 2 is 1.79 bits per heavy atom. The van der Waals surface area contributed by atoms with Gasteiger partial charge in [0.1, 0.15) is 12.1 Å². The highest BCUT2D eigenvalue weighted by atomic mass is 35.5. The highest BCUT2D eigenvalue weighted by molar-refractivity contribution is 5.94. The first-order valence-electron chi connectivity index (χ1n) is 10.2. The summed E-state index contributed by atoms with van der Waals surface area (Å²) in [7, 11) is 0. The van der Waals surface area contributed by atoms with Crippen LogP contribution in [0, 0.1) is 5.92 Å². The molecule has 2 fully saturated rings. The Kier molecular flexibility index (Phi) is 8.05. The number of hydrogen-bond acceptors (Lipinski definition) is 3. The summed E-state index contributed by atoms with van der Waals surface area (Å²) in [6.07, 6.45) is 2.93. The summed E-state index contributed by atoms with van der Waals surface area (Å²) in [5, 5.41) is 5.81. The van der Waals surface area contributed by atoms with Crippen molar-refractivity contribution in [1.29, 1.82) is 0 Å². The number of fused-ring (bicyclic) bond motifs is 1. The van der Waals surface area contributed by atoms with Crippen LogP contribution >= 0.6 is 0 Å². The molecule has 8 heteroatoms. The van der Waals surface area contributed by atoms with Gasteiger partial charge < -0.3 is 33.7 Å². The fourth-order valence-electron chi connectivity index (χ4n) is 4.04. The summed E-state index contributed by atoms with van der Waals surface area (Å²) in [6.45, 7) is 4.31. The molecule has 0 spiro atoms. The zero-order valence-electron chi connectivity index (χ0n) is 17.1. The molecule has 2 saturated heterocycles. The Bertz CT molecular complexity index is 728. The Hall–Kier alpha value is -2.12. The summed E-state index contributed by atoms with van der Waals surface area (Å²) in [6, 6.07) is 8.39. The van der Waals surface area contributed by atoms with Crippen molar-refractivity contribution in [2.75, 3.05) is 0 Å². The summed E-state index contributed by atoms with van der Waals surface area (Å²) >= 11 is 0. The van der Waals surface area contributed by atoms with E-state index in [-0.39, 0.29) is 42.1 Å². The molecule has 160 valence electrons. The monoisotopic (exact) mass is 422 g/mol. The molecule has 1 aromatic rings. The van der Waals surface area contributed by atoms with Crippen LogP contribution in [0.25, 0.3) is 0 Å². The summed E-state index contributed by atoms with van der Waals surface area (Å²) in [4.78, 5) is 39.8. The van der Waals surface area contributed by atoms with Crippen molar-refractivity contribution in [2.24, 2.45) is 5.92 Å². The van der Waals surface area contributed by atoms with Crippen LogP contribution in [0.2, 0.25) is 0 Å². The first-order chi connectivity index (χ1) is 13.4. The lowest BCUT2D eigenvalue weighted by molar-refractivity contribution is -0.414. The third-order valence-electron chi connectivity index (χ3n) is 5.91. The Labute approximate surface area is 178 Å². The summed E-state index contributed by atoms with van der Waals surface area (Å²) in [5.41, 5.74) is 4.91. The predicted octanol–water partition coefficient (Wildman–Crippen LogP) is -2.79. The second kappa shape index (κ2) is 10.1. The molecule has 0 aliphatic carbocycles. The Balaban J connectivity index is 0.00000300. The Morgan fingerprint density at radius 1 is 1.14 bits per heavy atom. The van der Waals surface area contributed by atoms with Gasteiger partial charge in [0.05, 0.1) is 0 Å². The molecule has 2 aliphatic heterocycles. The van der Waals surface area contributed by atoms with Gasteiger partial charge in [0, 0.05) is 18.5 Å². The normalized spacial score (nSPS) is 24.5. The van der Waals surface area contributed by atoms with Crippen molar-refractivity contribution in [2.45, 2.75) is 70.2 Å². The number of nitrogens with one attached hydrogen (secondary N) is 2. The van der Waals surface area contributed by atoms with E-state index < -0.39 is 18.1 Å². The van der Waals surface area contributed by atoms with E-state index in [1.54, 1.807) is 4.90 Å². The quantitative estimate of drug-likeness (QED) is 0.461. The molecule has 0 radical (unpaired) electrons. The van der Waals surface area contributed by atoms with E-state index in [1.165, 1.54) is 0 Å². The molecule has 0 unspecified atom stereocenters. The molecule has 7 nitrogen and oxygen atoms in total. The maximum atomic E-state index is 13.0. The van der Waals surface area contributed by atoms with Crippen LogP contribution in [-0.4, -0.2) is 46.8 Å². The van der Waals surface area contributed by atoms with Crippen LogP contribution in [0.4, 0.5) is 0 Å². The number of halogens is 1. The van der Waals surface area contributed by atoms with Crippen LogP contribution in [0.5, 0.6) is 0 Å². The van der Waals surface area contributed by atoms with Gasteiger partial charge in [-0.3, -0.25) is 14.4 Å². The fourth-order valence-corrected chi connectivity index (χ4v) is 4.04. The average molecular weight is 423 g/mol. The molecule has 3 amide bonds. The van der Waals surface area contributed by atoms with Crippen molar-refractivity contribution >= 4 is 17.7 Å². The van der Waals surface area contributed by atoms with Gasteiger partial charge in [0.25, 0.3) is 5.91 Å². The van der Waals surface area contributed by atoms with Crippen molar-refractivity contribution in [3.05, 3.63) is 35.9 Å². The SMILES string of the molecule is CC(C)[C@H]([NH3+])C(=O)N[C@H]1CC[C@@H]2CC[C@@H](C(=O)NCc3ccccc3)N2C1=O.[Cl-]. The maximum Gasteiger partial charge on any atom is 0.279 e. The molecule has 29 heavy (non-hydrogen) atoms. The van der Waals surface area contributed by atoms with Gasteiger partial charge in [0.2, 0.25) is 11.8 Å². The first kappa shape index (κ1) is 23.2. The summed E-state index contributed by atoms with van der Waals surface area (Å²) in [5.74, 6) is -0.354. The molecule has 2 heterocycles. The minimum atomic E-state index is -0.561. The fraction of sp³-hybridized carbons (Fsp3) is 0.571. The number of rotatable bonds is 6. The van der Waals surface area contributed by atoms with E-state index in [2.05, 4.69) is 16.4 Å². The topological polar surface area (TPSA) is 106 Å². The lowest BCUT2D eigenvalue weighted by atomic mass is 9.97. The van der Waals surface area contributed by atoms with Gasteiger partial charge in [-0.2, -0.15) is 0 Å². The van der Waals surface area contributed by atoms with Crippen molar-refractivity contribution in [3.8, 4) is 0 Å². The van der Waals surface area contributed by atoms with Crippen LogP contribution < -0.4 is 28.8 Å². The molecule has 0 aromatic heterocycles. The average Bonchev–Trinajstić information content (AvgIpc) is 3.13. The smallest absolute Gasteiger partial charge is 0.279 e. The number of nitrogens with zero attached hydrogens (tertiary/aromatic N) is 1. The number of amides is 3. The standard InChI is InChI=1S/C21H30N4O3.ClH/c1-13(2)18(22)20(27)24-16-10-8-15-9-11-17(25(15)21(16)28)19(26)23-12-14-6-4-3-5-7-14;/h3-7,13,15-18H,8-12,22H2,1-2H3,(H,23,26)(H,24,27);1H/t15-,16+,17+,18+;/m1./s1.